The zero-order valence-corrected chi connectivity index (χ0v) is 15.5. The summed E-state index contributed by atoms with van der Waals surface area (Å²) < 4.78 is 43.5. The van der Waals surface area contributed by atoms with Gasteiger partial charge in [-0.2, -0.15) is 0 Å². The first-order valence-corrected chi connectivity index (χ1v) is 6.97. The molecule has 0 bridgehead atoms. The predicted molar refractivity (Wildman–Crippen MR) is 74.0 cm³/mol. The fourth-order valence-electron chi connectivity index (χ4n) is 1.95. The molecule has 0 spiro atoms. The molecule has 0 aliphatic rings. The summed E-state index contributed by atoms with van der Waals surface area (Å²) >= 11 is 0. The summed E-state index contributed by atoms with van der Waals surface area (Å²) in [6.07, 6.45) is 6.56. The maximum atomic E-state index is 12.7. The second-order valence-corrected chi connectivity index (χ2v) is 4.73. The Kier molecular flexibility index (Phi) is 11.4. The molecule has 0 atom stereocenters. The third-order valence-corrected chi connectivity index (χ3v) is 3.03. The van der Waals surface area contributed by atoms with Crippen LogP contribution >= 0.6 is 0 Å². The minimum absolute atomic E-state index is 0. The molecule has 0 amide bonds. The molecule has 1 aromatic carbocycles. The first kappa shape index (κ1) is 20.5. The van der Waals surface area contributed by atoms with Crippen LogP contribution < -0.4 is 61.6 Å². The molecule has 0 aromatic heterocycles. The van der Waals surface area contributed by atoms with Crippen LogP contribution in [0, 0.1) is 0 Å². The van der Waals surface area contributed by atoms with E-state index < -0.39 is 12.4 Å². The topological polar surface area (TPSA) is 9.23 Å². The van der Waals surface area contributed by atoms with Gasteiger partial charge in [-0.25, -0.2) is 0 Å². The molecule has 0 saturated carbocycles. The maximum Gasteiger partial charge on any atom is 1.00 e. The molecule has 0 heterocycles. The maximum absolute atomic E-state index is 12.7. The minimum Gasteiger partial charge on any atom is -0.497 e. The van der Waals surface area contributed by atoms with Crippen molar-refractivity contribution in [1.29, 1.82) is 0 Å². The fraction of sp³-hybridized carbons (Fsp3) is 0.571. The zero-order chi connectivity index (χ0) is 14.1. The average Bonchev–Trinajstić information content (AvgIpc) is 2.37. The number of para-hydroxylation sites is 1. The van der Waals surface area contributed by atoms with Crippen LogP contribution in [-0.4, -0.2) is 13.6 Å². The van der Waals surface area contributed by atoms with E-state index in [1.54, 1.807) is 6.07 Å². The monoisotopic (exact) mass is 312 g/mol. The first-order chi connectivity index (χ1) is 9.05. The Morgan fingerprint density at radius 1 is 0.950 bits per heavy atom. The summed E-state index contributed by atoms with van der Waals surface area (Å²) in [6.45, 7) is -2.49. The number of unbranched alkanes of at least 4 members (excludes halogenated alkanes) is 5. The molecule has 1 rings (SSSR count). The molecular weight excluding hydrogens is 291 g/mol. The molecule has 0 unspecified atom stereocenters. The van der Waals surface area contributed by atoms with Crippen molar-refractivity contribution in [3.8, 4) is 5.75 Å². The normalized spacial score (nSPS) is 11.0. The number of benzene rings is 1. The summed E-state index contributed by atoms with van der Waals surface area (Å²) in [5.74, 6) is -0.0384. The molecule has 1 aromatic rings. The predicted octanol–water partition coefficient (Wildman–Crippen LogP) is 1.48. The Bertz CT molecular complexity index is 372. The quantitative estimate of drug-likeness (QED) is 0.496. The van der Waals surface area contributed by atoms with E-state index in [4.69, 9.17) is 4.74 Å². The van der Waals surface area contributed by atoms with Crippen LogP contribution in [0.4, 0.5) is 12.9 Å². The molecule has 20 heavy (non-hydrogen) atoms. The minimum atomic E-state index is -5.00. The van der Waals surface area contributed by atoms with Crippen molar-refractivity contribution in [1.82, 2.24) is 0 Å². The number of rotatable bonds is 9. The van der Waals surface area contributed by atoms with Crippen LogP contribution in [0.2, 0.25) is 0 Å². The Morgan fingerprint density at radius 2 is 1.55 bits per heavy atom. The smallest absolute Gasteiger partial charge is 0.497 e. The van der Waals surface area contributed by atoms with E-state index in [0.717, 1.165) is 25.3 Å². The first-order valence-electron chi connectivity index (χ1n) is 6.97. The van der Waals surface area contributed by atoms with Gasteiger partial charge in [0.05, 0.1) is 12.4 Å². The van der Waals surface area contributed by atoms with Crippen molar-refractivity contribution < 1.29 is 69.1 Å². The number of hydrogen-bond donors (Lipinski definition) is 0. The molecule has 1 nitrogen and oxygen atoms in total. The van der Waals surface area contributed by atoms with E-state index in [2.05, 4.69) is 6.92 Å². The Hall–Kier alpha value is 0.511. The van der Waals surface area contributed by atoms with Gasteiger partial charge in [0.1, 0.15) is 0 Å². The van der Waals surface area contributed by atoms with E-state index in [1.165, 1.54) is 31.4 Å². The third kappa shape index (κ3) is 8.08. The van der Waals surface area contributed by atoms with Crippen LogP contribution in [0.3, 0.4) is 0 Å². The molecule has 0 fully saturated rings. The molecule has 0 aliphatic heterocycles. The summed E-state index contributed by atoms with van der Waals surface area (Å²) in [5, 5.41) is 0. The molecule has 108 valence electrons. The van der Waals surface area contributed by atoms with Gasteiger partial charge in [-0.1, -0.05) is 62.7 Å². The standard InChI is InChI=1S/C14H21BF3O.K/c1-2-3-4-5-6-9-12-19-14-11-8-7-10-13(14)15(16,17)18;/h7-8,10-11H,2-6,9,12H2,1H3;/q-1;+1. The molecule has 6 heteroatoms. The van der Waals surface area contributed by atoms with Gasteiger partial charge in [0.15, 0.2) is 0 Å². The summed E-state index contributed by atoms with van der Waals surface area (Å²) in [6, 6.07) is 5.43. The van der Waals surface area contributed by atoms with Gasteiger partial charge in [0.25, 0.3) is 0 Å². The summed E-state index contributed by atoms with van der Waals surface area (Å²) in [5.41, 5.74) is -0.631. The SMILES string of the molecule is CCCCCCCCOc1ccccc1[B-](F)(F)F.[K+]. The van der Waals surface area contributed by atoms with Gasteiger partial charge in [0.2, 0.25) is 0 Å². The molecule has 0 radical (unpaired) electrons. The van der Waals surface area contributed by atoms with Gasteiger partial charge in [0, 0.05) is 0 Å². The Morgan fingerprint density at radius 3 is 2.20 bits per heavy atom. The molecule has 0 saturated heterocycles. The number of halogens is 3. The zero-order valence-electron chi connectivity index (χ0n) is 12.4. The van der Waals surface area contributed by atoms with Crippen molar-refractivity contribution in [2.75, 3.05) is 6.61 Å². The van der Waals surface area contributed by atoms with E-state index >= 15 is 0 Å². The van der Waals surface area contributed by atoms with Crippen LogP contribution in [0.15, 0.2) is 24.3 Å². The van der Waals surface area contributed by atoms with Crippen molar-refractivity contribution in [3.63, 3.8) is 0 Å². The van der Waals surface area contributed by atoms with Crippen molar-refractivity contribution in [3.05, 3.63) is 24.3 Å². The van der Waals surface area contributed by atoms with Crippen LogP contribution in [0.1, 0.15) is 45.4 Å². The van der Waals surface area contributed by atoms with E-state index in [0.29, 0.717) is 6.61 Å². The third-order valence-electron chi connectivity index (χ3n) is 3.03. The fourth-order valence-corrected chi connectivity index (χ4v) is 1.95. The molecule has 0 aliphatic carbocycles. The summed E-state index contributed by atoms with van der Waals surface area (Å²) in [7, 11) is 0. The van der Waals surface area contributed by atoms with Gasteiger partial charge in [-0.15, -0.1) is 0 Å². The number of ether oxygens (including phenoxy) is 1. The van der Waals surface area contributed by atoms with E-state index in [9.17, 15) is 12.9 Å². The van der Waals surface area contributed by atoms with Gasteiger partial charge in [-0.3, -0.25) is 0 Å². The van der Waals surface area contributed by atoms with Gasteiger partial charge < -0.3 is 17.7 Å². The second-order valence-electron chi connectivity index (χ2n) is 4.73. The second kappa shape index (κ2) is 11.1. The van der Waals surface area contributed by atoms with Crippen LogP contribution in [0.5, 0.6) is 5.75 Å². The van der Waals surface area contributed by atoms with Crippen molar-refractivity contribution in [2.45, 2.75) is 45.4 Å². The van der Waals surface area contributed by atoms with Gasteiger partial charge >= 0.3 is 58.4 Å². The van der Waals surface area contributed by atoms with Gasteiger partial charge in [-0.05, 0) is 12.5 Å². The van der Waals surface area contributed by atoms with Crippen LogP contribution in [-0.2, 0) is 0 Å². The van der Waals surface area contributed by atoms with Crippen molar-refractivity contribution >= 4 is 12.4 Å². The summed E-state index contributed by atoms with van der Waals surface area (Å²) in [4.78, 5) is 0. The average molecular weight is 312 g/mol. The Balaban J connectivity index is 0.00000361. The molecule has 0 N–H and O–H groups in total. The van der Waals surface area contributed by atoms with Crippen LogP contribution in [0.25, 0.3) is 0 Å². The van der Waals surface area contributed by atoms with E-state index in [1.807, 2.05) is 0 Å². The van der Waals surface area contributed by atoms with E-state index in [-0.39, 0.29) is 57.1 Å². The Labute approximate surface area is 162 Å². The molecular formula is C14H21BF3KO. The number of hydrogen-bond acceptors (Lipinski definition) is 1. The largest absolute Gasteiger partial charge is 1.00 e. The van der Waals surface area contributed by atoms with Crippen molar-refractivity contribution in [2.24, 2.45) is 0 Å².